The lowest BCUT2D eigenvalue weighted by molar-refractivity contribution is -0.135. The minimum atomic E-state index is -0.491. The number of carbonyl (C=O) groups excluding carboxylic acids is 1. The number of carbonyl (C=O) groups is 1. The van der Waals surface area contributed by atoms with Gasteiger partial charge in [-0.15, -0.1) is 0 Å². The molecule has 0 amide bonds. The zero-order chi connectivity index (χ0) is 9.68. The van der Waals surface area contributed by atoms with Crippen LogP contribution >= 0.6 is 0 Å². The fraction of sp³-hybridized carbons (Fsp3) is 0.111. The van der Waals surface area contributed by atoms with Crippen LogP contribution in [0.15, 0.2) is 31.6 Å². The number of hydrogen-bond acceptors (Lipinski definition) is 3. The van der Waals surface area contributed by atoms with Crippen LogP contribution in [0.4, 0.5) is 0 Å². The van der Waals surface area contributed by atoms with E-state index in [1.165, 1.54) is 6.08 Å². The third-order valence-electron chi connectivity index (χ3n) is 1.36. The molecule has 0 bridgehead atoms. The SMILES string of the molecule is C=CCOC(=O)C(=C)c1ncc[nH]1. The molecule has 0 aliphatic carbocycles. The maximum absolute atomic E-state index is 11.2. The number of aromatic amines is 1. The summed E-state index contributed by atoms with van der Waals surface area (Å²) in [5.41, 5.74) is 0.215. The second-order valence-electron chi connectivity index (χ2n) is 2.30. The van der Waals surface area contributed by atoms with Gasteiger partial charge in [0.15, 0.2) is 0 Å². The maximum atomic E-state index is 11.2. The standard InChI is InChI=1S/C9H10N2O2/c1-3-6-13-9(12)7(2)8-10-4-5-11-8/h3-5H,1-2,6H2,(H,10,11). The molecular formula is C9H10N2O2. The van der Waals surface area contributed by atoms with E-state index in [9.17, 15) is 4.79 Å². The quantitative estimate of drug-likeness (QED) is 0.427. The number of aromatic nitrogens is 2. The minimum absolute atomic E-state index is 0.179. The average molecular weight is 178 g/mol. The summed E-state index contributed by atoms with van der Waals surface area (Å²) in [7, 11) is 0. The molecule has 1 aromatic rings. The van der Waals surface area contributed by atoms with E-state index in [1.54, 1.807) is 12.4 Å². The highest BCUT2D eigenvalue weighted by molar-refractivity contribution is 6.14. The van der Waals surface area contributed by atoms with Crippen LogP contribution in [0.2, 0.25) is 0 Å². The van der Waals surface area contributed by atoms with Crippen molar-refractivity contribution in [3.8, 4) is 0 Å². The van der Waals surface area contributed by atoms with Crippen molar-refractivity contribution in [2.24, 2.45) is 0 Å². The molecule has 1 aromatic heterocycles. The summed E-state index contributed by atoms with van der Waals surface area (Å²) in [5, 5.41) is 0. The molecule has 1 N–H and O–H groups in total. The molecule has 0 radical (unpaired) electrons. The summed E-state index contributed by atoms with van der Waals surface area (Å²) >= 11 is 0. The second kappa shape index (κ2) is 4.25. The Morgan fingerprint density at radius 1 is 1.77 bits per heavy atom. The number of ether oxygens (including phenoxy) is 1. The lowest BCUT2D eigenvalue weighted by atomic mass is 10.3. The molecule has 1 heterocycles. The predicted octanol–water partition coefficient (Wildman–Crippen LogP) is 1.15. The summed E-state index contributed by atoms with van der Waals surface area (Å²) in [6.45, 7) is 7.15. The van der Waals surface area contributed by atoms with Gasteiger partial charge in [-0.3, -0.25) is 0 Å². The molecule has 0 saturated heterocycles. The number of nitrogens with zero attached hydrogens (tertiary/aromatic N) is 1. The van der Waals surface area contributed by atoms with E-state index in [0.29, 0.717) is 5.82 Å². The van der Waals surface area contributed by atoms with Crippen molar-refractivity contribution >= 4 is 11.5 Å². The van der Waals surface area contributed by atoms with Gasteiger partial charge < -0.3 is 9.72 Å². The summed E-state index contributed by atoms with van der Waals surface area (Å²) in [6, 6.07) is 0. The Morgan fingerprint density at radius 3 is 3.08 bits per heavy atom. The van der Waals surface area contributed by atoms with Crippen molar-refractivity contribution in [2.45, 2.75) is 0 Å². The smallest absolute Gasteiger partial charge is 0.341 e. The highest BCUT2D eigenvalue weighted by atomic mass is 16.5. The van der Waals surface area contributed by atoms with E-state index in [2.05, 4.69) is 23.1 Å². The molecule has 4 nitrogen and oxygen atoms in total. The van der Waals surface area contributed by atoms with Crippen molar-refractivity contribution in [3.63, 3.8) is 0 Å². The van der Waals surface area contributed by atoms with Gasteiger partial charge in [-0.25, -0.2) is 9.78 Å². The zero-order valence-electron chi connectivity index (χ0n) is 7.12. The summed E-state index contributed by atoms with van der Waals surface area (Å²) in [5.74, 6) is -0.0658. The Bertz CT molecular complexity index is 314. The van der Waals surface area contributed by atoms with Gasteiger partial charge in [-0.2, -0.15) is 0 Å². The summed E-state index contributed by atoms with van der Waals surface area (Å²) in [4.78, 5) is 17.8. The van der Waals surface area contributed by atoms with Crippen molar-refractivity contribution in [1.82, 2.24) is 9.97 Å². The monoisotopic (exact) mass is 178 g/mol. The molecule has 0 atom stereocenters. The minimum Gasteiger partial charge on any atom is -0.458 e. The highest BCUT2D eigenvalue weighted by Crippen LogP contribution is 2.07. The van der Waals surface area contributed by atoms with E-state index in [-0.39, 0.29) is 12.2 Å². The van der Waals surface area contributed by atoms with Gasteiger partial charge in [0, 0.05) is 12.4 Å². The van der Waals surface area contributed by atoms with Gasteiger partial charge in [0.05, 0.1) is 5.57 Å². The van der Waals surface area contributed by atoms with Gasteiger partial charge in [0.1, 0.15) is 12.4 Å². The Labute approximate surface area is 75.9 Å². The van der Waals surface area contributed by atoms with Crippen LogP contribution in [0, 0.1) is 0 Å². The van der Waals surface area contributed by atoms with Crippen LogP contribution < -0.4 is 0 Å². The summed E-state index contributed by atoms with van der Waals surface area (Å²) in [6.07, 6.45) is 4.65. The van der Waals surface area contributed by atoms with Crippen LogP contribution in [0.1, 0.15) is 5.82 Å². The highest BCUT2D eigenvalue weighted by Gasteiger charge is 2.11. The number of nitrogens with one attached hydrogen (secondary N) is 1. The lowest BCUT2D eigenvalue weighted by Gasteiger charge is -2.01. The van der Waals surface area contributed by atoms with E-state index in [0.717, 1.165) is 0 Å². The molecule has 0 saturated carbocycles. The molecule has 1 rings (SSSR count). The number of esters is 1. The summed E-state index contributed by atoms with van der Waals surface area (Å²) < 4.78 is 4.76. The van der Waals surface area contributed by atoms with Crippen LogP contribution in [-0.4, -0.2) is 22.5 Å². The number of rotatable bonds is 4. The van der Waals surface area contributed by atoms with Crippen molar-refractivity contribution in [3.05, 3.63) is 37.5 Å². The van der Waals surface area contributed by atoms with Crippen molar-refractivity contribution in [1.29, 1.82) is 0 Å². The first kappa shape index (κ1) is 9.25. The van der Waals surface area contributed by atoms with E-state index < -0.39 is 5.97 Å². The van der Waals surface area contributed by atoms with Gasteiger partial charge in [-0.1, -0.05) is 19.2 Å². The largest absolute Gasteiger partial charge is 0.458 e. The second-order valence-corrected chi connectivity index (χ2v) is 2.30. The van der Waals surface area contributed by atoms with Crippen LogP contribution in [0.3, 0.4) is 0 Å². The molecule has 0 aliphatic heterocycles. The third kappa shape index (κ3) is 2.30. The average Bonchev–Trinajstić information content (AvgIpc) is 2.65. The third-order valence-corrected chi connectivity index (χ3v) is 1.36. The van der Waals surface area contributed by atoms with E-state index in [4.69, 9.17) is 4.74 Å². The maximum Gasteiger partial charge on any atom is 0.341 e. The topological polar surface area (TPSA) is 55.0 Å². The molecule has 0 spiro atoms. The molecule has 0 aromatic carbocycles. The van der Waals surface area contributed by atoms with Gasteiger partial charge in [0.2, 0.25) is 0 Å². The number of imidazole rings is 1. The van der Waals surface area contributed by atoms with Crippen molar-refractivity contribution in [2.75, 3.05) is 6.61 Å². The van der Waals surface area contributed by atoms with Gasteiger partial charge >= 0.3 is 5.97 Å². The van der Waals surface area contributed by atoms with Crippen LogP contribution in [0.5, 0.6) is 0 Å². The number of hydrogen-bond donors (Lipinski definition) is 1. The first-order valence-corrected chi connectivity index (χ1v) is 3.72. The molecule has 0 unspecified atom stereocenters. The molecular weight excluding hydrogens is 168 g/mol. The first-order valence-electron chi connectivity index (χ1n) is 3.72. The normalized spacial score (nSPS) is 9.23. The Hall–Kier alpha value is -1.84. The van der Waals surface area contributed by atoms with Crippen LogP contribution in [-0.2, 0) is 9.53 Å². The Balaban J connectivity index is 2.58. The number of H-pyrrole nitrogens is 1. The molecule has 0 fully saturated rings. The van der Waals surface area contributed by atoms with E-state index in [1.807, 2.05) is 0 Å². The van der Waals surface area contributed by atoms with E-state index >= 15 is 0 Å². The van der Waals surface area contributed by atoms with Gasteiger partial charge in [0.25, 0.3) is 0 Å². The zero-order valence-corrected chi connectivity index (χ0v) is 7.12. The first-order chi connectivity index (χ1) is 6.25. The fourth-order valence-electron chi connectivity index (χ4n) is 0.749. The fourth-order valence-corrected chi connectivity index (χ4v) is 0.749. The molecule has 13 heavy (non-hydrogen) atoms. The van der Waals surface area contributed by atoms with Gasteiger partial charge in [-0.05, 0) is 0 Å². The Kier molecular flexibility index (Phi) is 3.03. The molecule has 4 heteroatoms. The Morgan fingerprint density at radius 2 is 2.54 bits per heavy atom. The molecule has 68 valence electrons. The molecule has 0 aliphatic rings. The lowest BCUT2D eigenvalue weighted by Crippen LogP contribution is -2.07. The van der Waals surface area contributed by atoms with Crippen LogP contribution in [0.25, 0.3) is 5.57 Å². The van der Waals surface area contributed by atoms with Crippen molar-refractivity contribution < 1.29 is 9.53 Å². The predicted molar refractivity (Wildman–Crippen MR) is 48.8 cm³/mol.